The van der Waals surface area contributed by atoms with E-state index in [2.05, 4.69) is 31.9 Å². The highest BCUT2D eigenvalue weighted by atomic mass is 79.9. The third-order valence-electron chi connectivity index (χ3n) is 3.33. The van der Waals surface area contributed by atoms with E-state index >= 15 is 0 Å². The largest absolute Gasteiger partial charge is 0.423 e. The third-order valence-corrected chi connectivity index (χ3v) is 4.45. The van der Waals surface area contributed by atoms with E-state index in [-0.39, 0.29) is 11.9 Å². The van der Waals surface area contributed by atoms with Crippen LogP contribution >= 0.6 is 31.9 Å². The smallest absolute Gasteiger partial charge is 0.311 e. The second-order valence-corrected chi connectivity index (χ2v) is 6.98. The monoisotopic (exact) mass is 462 g/mol. The number of halogens is 2. The standard InChI is InChI=1S/C18H24Br2O4/c19-13-7-1-3-11-17(21)23-15-9-5-6-10-16(15)24-18(22)12-4-2-8-14-20/h5-6,9-10H,1-4,7-8,11-14H2. The van der Waals surface area contributed by atoms with Gasteiger partial charge in [-0.25, -0.2) is 0 Å². The zero-order valence-corrected chi connectivity index (χ0v) is 16.9. The van der Waals surface area contributed by atoms with Crippen molar-refractivity contribution in [3.05, 3.63) is 24.3 Å². The molecule has 0 unspecified atom stereocenters. The molecule has 1 aromatic rings. The molecule has 1 aromatic carbocycles. The maximum absolute atomic E-state index is 11.9. The molecule has 0 amide bonds. The molecule has 0 aliphatic rings. The third kappa shape index (κ3) is 9.42. The molecule has 134 valence electrons. The maximum atomic E-state index is 11.9. The number of unbranched alkanes of at least 4 members (excludes halogenated alkanes) is 4. The van der Waals surface area contributed by atoms with Crippen LogP contribution in [0.25, 0.3) is 0 Å². The first-order valence-corrected chi connectivity index (χ1v) is 10.5. The van der Waals surface area contributed by atoms with Crippen LogP contribution in [-0.2, 0) is 9.59 Å². The second kappa shape index (κ2) is 13.4. The van der Waals surface area contributed by atoms with Gasteiger partial charge in [-0.1, -0.05) is 56.8 Å². The molecule has 1 rings (SSSR count). The van der Waals surface area contributed by atoms with Crippen LogP contribution in [0.1, 0.15) is 51.4 Å². The Kier molecular flexibility index (Phi) is 11.8. The molecule has 0 heterocycles. The van der Waals surface area contributed by atoms with E-state index in [9.17, 15) is 9.59 Å². The summed E-state index contributed by atoms with van der Waals surface area (Å²) >= 11 is 6.72. The molecule has 0 bridgehead atoms. The first-order valence-electron chi connectivity index (χ1n) is 8.29. The predicted molar refractivity (Wildman–Crippen MR) is 102 cm³/mol. The number of carbonyl (C=O) groups is 2. The fourth-order valence-corrected chi connectivity index (χ4v) is 2.84. The van der Waals surface area contributed by atoms with E-state index < -0.39 is 0 Å². The zero-order chi connectivity index (χ0) is 17.6. The molecule has 0 aliphatic heterocycles. The lowest BCUT2D eigenvalue weighted by molar-refractivity contribution is -0.137. The Bertz CT molecular complexity index is 461. The van der Waals surface area contributed by atoms with Crippen LogP contribution in [0, 0.1) is 0 Å². The van der Waals surface area contributed by atoms with Gasteiger partial charge in [-0.05, 0) is 37.8 Å². The van der Waals surface area contributed by atoms with Crippen molar-refractivity contribution in [3.63, 3.8) is 0 Å². The molecule has 0 spiro atoms. The minimum Gasteiger partial charge on any atom is -0.423 e. The highest BCUT2D eigenvalue weighted by Crippen LogP contribution is 2.27. The van der Waals surface area contributed by atoms with Gasteiger partial charge in [-0.2, -0.15) is 0 Å². The summed E-state index contributed by atoms with van der Waals surface area (Å²) in [5.41, 5.74) is 0. The molecule has 24 heavy (non-hydrogen) atoms. The van der Waals surface area contributed by atoms with Crippen molar-refractivity contribution < 1.29 is 19.1 Å². The van der Waals surface area contributed by atoms with Gasteiger partial charge in [-0.15, -0.1) is 0 Å². The molecule has 4 nitrogen and oxygen atoms in total. The minimum atomic E-state index is -0.301. The average Bonchev–Trinajstić information content (AvgIpc) is 2.57. The normalized spacial score (nSPS) is 10.4. The number of carbonyl (C=O) groups excluding carboxylic acids is 2. The van der Waals surface area contributed by atoms with E-state index in [0.717, 1.165) is 49.2 Å². The van der Waals surface area contributed by atoms with Crippen molar-refractivity contribution >= 4 is 43.8 Å². The van der Waals surface area contributed by atoms with Crippen LogP contribution in [0.4, 0.5) is 0 Å². The lowest BCUT2D eigenvalue weighted by Gasteiger charge is -2.10. The molecular weight excluding hydrogens is 440 g/mol. The predicted octanol–water partition coefficient (Wildman–Crippen LogP) is 5.41. The van der Waals surface area contributed by atoms with Crippen molar-refractivity contribution in [2.75, 3.05) is 10.7 Å². The Labute approximate surface area is 160 Å². The summed E-state index contributed by atoms with van der Waals surface area (Å²) in [5, 5.41) is 1.88. The van der Waals surface area contributed by atoms with Crippen molar-refractivity contribution in [1.82, 2.24) is 0 Å². The minimum absolute atomic E-state index is 0.301. The first kappa shape index (κ1) is 21.2. The SMILES string of the molecule is O=C(CCCCCBr)Oc1ccccc1OC(=O)CCCCCBr. The molecule has 0 saturated heterocycles. The van der Waals surface area contributed by atoms with Crippen LogP contribution < -0.4 is 9.47 Å². The summed E-state index contributed by atoms with van der Waals surface area (Å²) in [6, 6.07) is 6.79. The van der Waals surface area contributed by atoms with Gasteiger partial charge in [0, 0.05) is 23.5 Å². The van der Waals surface area contributed by atoms with E-state index in [1.807, 2.05) is 0 Å². The maximum Gasteiger partial charge on any atom is 0.311 e. The molecule has 0 N–H and O–H groups in total. The molecule has 0 atom stereocenters. The van der Waals surface area contributed by atoms with E-state index in [1.54, 1.807) is 24.3 Å². The first-order chi connectivity index (χ1) is 11.7. The van der Waals surface area contributed by atoms with Crippen LogP contribution in [0.15, 0.2) is 24.3 Å². The highest BCUT2D eigenvalue weighted by molar-refractivity contribution is 9.09. The topological polar surface area (TPSA) is 52.6 Å². The Balaban J connectivity index is 2.46. The molecular formula is C18H24Br2O4. The van der Waals surface area contributed by atoms with E-state index in [0.29, 0.717) is 24.3 Å². The summed E-state index contributed by atoms with van der Waals surface area (Å²) in [4.78, 5) is 23.8. The number of para-hydroxylation sites is 2. The van der Waals surface area contributed by atoms with E-state index in [1.165, 1.54) is 0 Å². The zero-order valence-electron chi connectivity index (χ0n) is 13.8. The fraction of sp³-hybridized carbons (Fsp3) is 0.556. The summed E-state index contributed by atoms with van der Waals surface area (Å²) in [7, 11) is 0. The van der Waals surface area contributed by atoms with Gasteiger partial charge in [0.2, 0.25) is 0 Å². The Morgan fingerprint density at radius 1 is 0.708 bits per heavy atom. The average molecular weight is 464 g/mol. The van der Waals surface area contributed by atoms with Crippen molar-refractivity contribution in [2.45, 2.75) is 51.4 Å². The fourth-order valence-electron chi connectivity index (χ4n) is 2.05. The summed E-state index contributed by atoms with van der Waals surface area (Å²) < 4.78 is 10.7. The number of esters is 2. The van der Waals surface area contributed by atoms with Crippen LogP contribution in [0.3, 0.4) is 0 Å². The van der Waals surface area contributed by atoms with Crippen molar-refractivity contribution in [2.24, 2.45) is 0 Å². The van der Waals surface area contributed by atoms with Gasteiger partial charge >= 0.3 is 11.9 Å². The Hall–Kier alpha value is -0.880. The highest BCUT2D eigenvalue weighted by Gasteiger charge is 2.13. The number of benzene rings is 1. The summed E-state index contributed by atoms with van der Waals surface area (Å²) in [5.74, 6) is 0.00406. The van der Waals surface area contributed by atoms with Crippen LogP contribution in [0.5, 0.6) is 11.5 Å². The van der Waals surface area contributed by atoms with E-state index in [4.69, 9.17) is 9.47 Å². The molecule has 0 fully saturated rings. The number of rotatable bonds is 12. The Morgan fingerprint density at radius 2 is 1.12 bits per heavy atom. The van der Waals surface area contributed by atoms with Gasteiger partial charge in [0.1, 0.15) is 0 Å². The lowest BCUT2D eigenvalue weighted by Crippen LogP contribution is -2.12. The summed E-state index contributed by atoms with van der Waals surface area (Å²) in [6.07, 6.45) is 6.34. The van der Waals surface area contributed by atoms with Gasteiger partial charge in [0.05, 0.1) is 0 Å². The van der Waals surface area contributed by atoms with Crippen molar-refractivity contribution in [1.29, 1.82) is 0 Å². The van der Waals surface area contributed by atoms with Crippen LogP contribution in [0.2, 0.25) is 0 Å². The quantitative estimate of drug-likeness (QED) is 0.180. The molecule has 0 aromatic heterocycles. The molecule has 6 heteroatoms. The second-order valence-electron chi connectivity index (χ2n) is 5.39. The van der Waals surface area contributed by atoms with Gasteiger partial charge < -0.3 is 9.47 Å². The van der Waals surface area contributed by atoms with Crippen molar-refractivity contribution in [3.8, 4) is 11.5 Å². The Morgan fingerprint density at radius 3 is 1.50 bits per heavy atom. The number of hydrogen-bond acceptors (Lipinski definition) is 4. The number of alkyl halides is 2. The van der Waals surface area contributed by atoms with Gasteiger partial charge in [0.15, 0.2) is 11.5 Å². The lowest BCUT2D eigenvalue weighted by atomic mass is 10.2. The molecule has 0 saturated carbocycles. The molecule has 0 radical (unpaired) electrons. The summed E-state index contributed by atoms with van der Waals surface area (Å²) in [6.45, 7) is 0. The van der Waals surface area contributed by atoms with Crippen LogP contribution in [-0.4, -0.2) is 22.6 Å². The van der Waals surface area contributed by atoms with Gasteiger partial charge in [0.25, 0.3) is 0 Å². The van der Waals surface area contributed by atoms with Gasteiger partial charge in [-0.3, -0.25) is 9.59 Å². The number of hydrogen-bond donors (Lipinski definition) is 0. The molecule has 0 aliphatic carbocycles. The number of ether oxygens (including phenoxy) is 2.